The van der Waals surface area contributed by atoms with Gasteiger partial charge in [-0.15, -0.1) is 0 Å². The Morgan fingerprint density at radius 2 is 1.45 bits per heavy atom. The highest BCUT2D eigenvalue weighted by molar-refractivity contribution is 5.93. The van der Waals surface area contributed by atoms with Gasteiger partial charge in [-0.2, -0.15) is 0 Å². The van der Waals surface area contributed by atoms with Crippen LogP contribution in [0.1, 0.15) is 86.1 Å². The van der Waals surface area contributed by atoms with Gasteiger partial charge in [0.25, 0.3) is 0 Å². The summed E-state index contributed by atoms with van der Waals surface area (Å²) in [5, 5.41) is 17.9. The first-order chi connectivity index (χ1) is 25.7. The van der Waals surface area contributed by atoms with Gasteiger partial charge in [-0.05, 0) is 84.6 Å². The summed E-state index contributed by atoms with van der Waals surface area (Å²) in [4.78, 5) is 27.3. The van der Waals surface area contributed by atoms with Crippen LogP contribution in [0.15, 0.2) is 115 Å². The van der Waals surface area contributed by atoms with E-state index in [1.165, 1.54) is 16.3 Å². The Labute approximate surface area is 312 Å². The number of unbranched alkanes of at least 4 members (excludes halogenated alkanes) is 2. The van der Waals surface area contributed by atoms with Crippen molar-refractivity contribution in [1.82, 2.24) is 4.90 Å². The molecule has 1 fully saturated rings. The van der Waals surface area contributed by atoms with Crippen molar-refractivity contribution in [1.29, 1.82) is 0 Å². The number of nitrogens with two attached hydrogens (primary N) is 1. The van der Waals surface area contributed by atoms with Gasteiger partial charge in [0.15, 0.2) is 6.29 Å². The number of rotatable bonds is 15. The molecule has 6 rings (SSSR count). The van der Waals surface area contributed by atoms with Crippen LogP contribution in [0, 0.1) is 0 Å². The summed E-state index contributed by atoms with van der Waals surface area (Å²) in [6, 6.07) is 38.0. The summed E-state index contributed by atoms with van der Waals surface area (Å²) >= 11 is 0. The number of amides is 2. The number of aliphatic hydroxyl groups is 1. The maximum Gasteiger partial charge on any atom is 0.224 e. The molecule has 5 N–H and O–H groups in total. The molecule has 9 nitrogen and oxygen atoms in total. The number of nitrogens with zero attached hydrogens (tertiary/aromatic N) is 1. The fourth-order valence-electron chi connectivity index (χ4n) is 6.75. The van der Waals surface area contributed by atoms with E-state index in [1.54, 1.807) is 12.1 Å². The second-order valence-corrected chi connectivity index (χ2v) is 13.9. The Hall–Kier alpha value is -5.06. The number of para-hydroxylation sites is 2. The van der Waals surface area contributed by atoms with Crippen LogP contribution in [0.3, 0.4) is 0 Å². The van der Waals surface area contributed by atoms with E-state index in [2.05, 4.69) is 72.0 Å². The third-order valence-corrected chi connectivity index (χ3v) is 10.0. The van der Waals surface area contributed by atoms with E-state index in [4.69, 9.17) is 15.2 Å². The van der Waals surface area contributed by atoms with Crippen LogP contribution >= 0.6 is 0 Å². The first-order valence-electron chi connectivity index (χ1n) is 18.5. The predicted octanol–water partition coefficient (Wildman–Crippen LogP) is 8.68. The highest BCUT2D eigenvalue weighted by atomic mass is 16.7. The lowest BCUT2D eigenvalue weighted by Gasteiger charge is -2.39. The van der Waals surface area contributed by atoms with Crippen LogP contribution in [-0.4, -0.2) is 41.5 Å². The van der Waals surface area contributed by atoms with Crippen LogP contribution in [-0.2, 0) is 25.7 Å². The summed E-state index contributed by atoms with van der Waals surface area (Å²) in [5.74, 6) is -0.155. The van der Waals surface area contributed by atoms with Crippen LogP contribution in [0.25, 0.3) is 10.8 Å². The number of hydrogen-bond acceptors (Lipinski definition) is 7. The fourth-order valence-corrected chi connectivity index (χ4v) is 6.75. The standard InChI is InChI=1S/C44H50N4O5/c1-30(35-21-20-32-10-6-7-11-36(32)26-35)48(2)28-38-27-41(33-18-16-31(29-49)17-19-33)53-44(52-38)34-22-24-37(25-23-34)46-42(50)14-4-3-5-15-43(51)47-40-13-9-8-12-39(40)45/h6-13,16-26,30,38,41,44,49H,3-5,14-15,27-29,45H2,1-2H3,(H,46,50)(H,47,51)/t30-,38-,41+,44+/m1/s1. The zero-order valence-electron chi connectivity index (χ0n) is 30.5. The lowest BCUT2D eigenvalue weighted by atomic mass is 9.98. The largest absolute Gasteiger partial charge is 0.397 e. The van der Waals surface area contributed by atoms with E-state index in [0.717, 1.165) is 23.1 Å². The molecule has 276 valence electrons. The molecule has 0 radical (unpaired) electrons. The topological polar surface area (TPSA) is 126 Å². The third kappa shape index (κ3) is 10.3. The quantitative estimate of drug-likeness (QED) is 0.0632. The average Bonchev–Trinajstić information content (AvgIpc) is 3.18. The van der Waals surface area contributed by atoms with Crippen molar-refractivity contribution in [3.8, 4) is 0 Å². The Balaban J connectivity index is 1.03. The number of nitrogens with one attached hydrogen (secondary N) is 2. The molecule has 1 saturated heterocycles. The Morgan fingerprint density at radius 3 is 2.17 bits per heavy atom. The molecule has 9 heteroatoms. The molecule has 0 bridgehead atoms. The van der Waals surface area contributed by atoms with Gasteiger partial charge >= 0.3 is 0 Å². The third-order valence-electron chi connectivity index (χ3n) is 10.0. The van der Waals surface area contributed by atoms with Crippen molar-refractivity contribution in [3.05, 3.63) is 138 Å². The zero-order valence-corrected chi connectivity index (χ0v) is 30.5. The highest BCUT2D eigenvalue weighted by Gasteiger charge is 2.33. The summed E-state index contributed by atoms with van der Waals surface area (Å²) in [5.41, 5.74) is 11.8. The van der Waals surface area contributed by atoms with Gasteiger partial charge < -0.3 is 30.9 Å². The lowest BCUT2D eigenvalue weighted by molar-refractivity contribution is -0.253. The van der Waals surface area contributed by atoms with Gasteiger partial charge in [-0.3, -0.25) is 14.5 Å². The van der Waals surface area contributed by atoms with E-state index >= 15 is 0 Å². The lowest BCUT2D eigenvalue weighted by Crippen LogP contribution is -2.38. The van der Waals surface area contributed by atoms with Crippen LogP contribution < -0.4 is 16.4 Å². The minimum Gasteiger partial charge on any atom is -0.397 e. The van der Waals surface area contributed by atoms with E-state index < -0.39 is 6.29 Å². The average molecular weight is 715 g/mol. The van der Waals surface area contributed by atoms with Gasteiger partial charge in [0, 0.05) is 43.1 Å². The maximum atomic E-state index is 12.7. The molecule has 0 saturated carbocycles. The minimum atomic E-state index is -0.596. The first kappa shape index (κ1) is 37.7. The van der Waals surface area contributed by atoms with Crippen molar-refractivity contribution in [2.24, 2.45) is 0 Å². The summed E-state index contributed by atoms with van der Waals surface area (Å²) < 4.78 is 13.2. The van der Waals surface area contributed by atoms with Gasteiger partial charge in [0.05, 0.1) is 30.2 Å². The predicted molar refractivity (Wildman–Crippen MR) is 211 cm³/mol. The number of fused-ring (bicyclic) bond motifs is 1. The normalized spacial score (nSPS) is 17.8. The summed E-state index contributed by atoms with van der Waals surface area (Å²) in [6.45, 7) is 2.92. The number of carbonyl (C=O) groups is 2. The highest BCUT2D eigenvalue weighted by Crippen LogP contribution is 2.39. The first-order valence-corrected chi connectivity index (χ1v) is 18.5. The molecule has 0 aliphatic carbocycles. The molecule has 5 aromatic rings. The molecule has 1 aliphatic heterocycles. The molecular weight excluding hydrogens is 665 g/mol. The molecular formula is C44H50N4O5. The van der Waals surface area contributed by atoms with Crippen molar-refractivity contribution < 1.29 is 24.2 Å². The SMILES string of the molecule is C[C@H](c1ccc2ccccc2c1)N(C)C[C@H]1C[C@@H](c2ccc(CO)cc2)O[C@@H](c2ccc(NC(=O)CCCCCC(=O)Nc3ccccc3N)cc2)O1. The number of ether oxygens (including phenoxy) is 2. The molecule has 2 amide bonds. The number of likely N-dealkylation sites (N-methyl/N-ethyl adjacent to an activating group) is 1. The van der Waals surface area contributed by atoms with Crippen molar-refractivity contribution in [2.75, 3.05) is 30.0 Å². The van der Waals surface area contributed by atoms with Crippen LogP contribution in [0.4, 0.5) is 17.1 Å². The van der Waals surface area contributed by atoms with Gasteiger partial charge in [0.1, 0.15) is 0 Å². The molecule has 0 unspecified atom stereocenters. The molecule has 0 aromatic heterocycles. The number of aliphatic hydroxyl groups excluding tert-OH is 1. The summed E-state index contributed by atoms with van der Waals surface area (Å²) in [7, 11) is 2.13. The number of benzene rings is 5. The molecule has 53 heavy (non-hydrogen) atoms. The maximum absolute atomic E-state index is 12.7. The van der Waals surface area contributed by atoms with E-state index in [9.17, 15) is 14.7 Å². The van der Waals surface area contributed by atoms with E-state index in [0.29, 0.717) is 55.7 Å². The fraction of sp³-hybridized carbons (Fsp3) is 0.318. The minimum absolute atomic E-state index is 0.00924. The van der Waals surface area contributed by atoms with E-state index in [-0.39, 0.29) is 36.7 Å². The molecule has 1 aliphatic rings. The molecule has 0 spiro atoms. The summed E-state index contributed by atoms with van der Waals surface area (Å²) in [6.07, 6.45) is 2.67. The van der Waals surface area contributed by atoms with E-state index in [1.807, 2.05) is 60.7 Å². The van der Waals surface area contributed by atoms with Crippen molar-refractivity contribution in [2.45, 2.75) is 76.6 Å². The number of nitrogen functional groups attached to an aromatic ring is 1. The number of carbonyl (C=O) groups excluding carboxylic acids is 2. The monoisotopic (exact) mass is 714 g/mol. The van der Waals surface area contributed by atoms with Crippen molar-refractivity contribution >= 4 is 39.6 Å². The molecule has 1 heterocycles. The Bertz CT molecular complexity index is 1970. The Morgan fingerprint density at radius 1 is 0.792 bits per heavy atom. The van der Waals surface area contributed by atoms with Gasteiger partial charge in [-0.25, -0.2) is 0 Å². The smallest absolute Gasteiger partial charge is 0.224 e. The van der Waals surface area contributed by atoms with Gasteiger partial charge in [-0.1, -0.05) is 91.3 Å². The number of anilines is 3. The second-order valence-electron chi connectivity index (χ2n) is 13.9. The van der Waals surface area contributed by atoms with Gasteiger partial charge in [0.2, 0.25) is 11.8 Å². The van der Waals surface area contributed by atoms with Crippen LogP contribution in [0.2, 0.25) is 0 Å². The second kappa shape index (κ2) is 18.1. The van der Waals surface area contributed by atoms with Crippen molar-refractivity contribution in [3.63, 3.8) is 0 Å². The zero-order chi connectivity index (χ0) is 37.2. The molecule has 4 atom stereocenters. The number of hydrogen-bond donors (Lipinski definition) is 4. The molecule has 5 aromatic carbocycles. The van der Waals surface area contributed by atoms with Crippen LogP contribution in [0.5, 0.6) is 0 Å². The Kier molecular flexibility index (Phi) is 12.9.